The molecule has 33 heavy (non-hydrogen) atoms. The van der Waals surface area contributed by atoms with Gasteiger partial charge in [0, 0.05) is 32.5 Å². The van der Waals surface area contributed by atoms with Crippen LogP contribution >= 0.6 is 0 Å². The molecule has 0 fully saturated rings. The van der Waals surface area contributed by atoms with E-state index in [4.69, 9.17) is 4.74 Å². The first-order chi connectivity index (χ1) is 15.4. The molecule has 10 heteroatoms. The van der Waals surface area contributed by atoms with E-state index in [-0.39, 0.29) is 11.4 Å². The highest BCUT2D eigenvalue weighted by Gasteiger charge is 2.31. The molecule has 0 unspecified atom stereocenters. The summed E-state index contributed by atoms with van der Waals surface area (Å²) in [5.74, 6) is 0.987. The third kappa shape index (κ3) is 5.45. The summed E-state index contributed by atoms with van der Waals surface area (Å²) in [6, 6.07) is 14.0. The van der Waals surface area contributed by atoms with Crippen molar-refractivity contribution in [3.63, 3.8) is 0 Å². The lowest BCUT2D eigenvalue weighted by atomic mass is 10.2. The zero-order valence-corrected chi connectivity index (χ0v) is 19.4. The largest absolute Gasteiger partial charge is 0.497 e. The van der Waals surface area contributed by atoms with Crippen LogP contribution in [0.1, 0.15) is 16.7 Å². The van der Waals surface area contributed by atoms with Crippen LogP contribution in [0.5, 0.6) is 5.75 Å². The highest BCUT2D eigenvalue weighted by Crippen LogP contribution is 2.32. The molecule has 0 spiro atoms. The lowest BCUT2D eigenvalue weighted by molar-refractivity contribution is -0.137. The van der Waals surface area contributed by atoms with E-state index in [2.05, 4.69) is 4.98 Å². The first-order valence-electron chi connectivity index (χ1n) is 9.90. The molecule has 0 radical (unpaired) electrons. The van der Waals surface area contributed by atoms with Crippen LogP contribution in [0.4, 0.5) is 24.7 Å². The number of rotatable bonds is 7. The Kier molecular flexibility index (Phi) is 6.99. The van der Waals surface area contributed by atoms with E-state index in [1.54, 1.807) is 56.3 Å². The zero-order chi connectivity index (χ0) is 24.4. The van der Waals surface area contributed by atoms with Crippen molar-refractivity contribution in [2.45, 2.75) is 24.5 Å². The number of halogens is 3. The van der Waals surface area contributed by atoms with E-state index >= 15 is 0 Å². The second kappa shape index (κ2) is 9.40. The molecule has 0 N–H and O–H groups in total. The molecule has 3 aromatic rings. The summed E-state index contributed by atoms with van der Waals surface area (Å²) in [6.07, 6.45) is -3.69. The molecule has 176 valence electrons. The fraction of sp³-hybridized carbons (Fsp3) is 0.261. The van der Waals surface area contributed by atoms with Gasteiger partial charge >= 0.3 is 6.18 Å². The predicted octanol–water partition coefficient (Wildman–Crippen LogP) is 5.01. The van der Waals surface area contributed by atoms with Gasteiger partial charge in [0.2, 0.25) is 10.0 Å². The van der Waals surface area contributed by atoms with E-state index in [0.717, 1.165) is 17.8 Å². The maximum Gasteiger partial charge on any atom is 0.417 e. The van der Waals surface area contributed by atoms with Gasteiger partial charge in [0.1, 0.15) is 11.6 Å². The van der Waals surface area contributed by atoms with Gasteiger partial charge < -0.3 is 9.64 Å². The molecule has 1 heterocycles. The standard InChI is InChI=1S/C23H24F3N3O3S/c1-16-13-20(33(30,31)28(2)15-17-5-8-19(32-4)9-6-17)10-11-21(16)29(3)22-12-7-18(14-27-22)23(24,25)26/h5-14H,15H2,1-4H3. The summed E-state index contributed by atoms with van der Waals surface area (Å²) < 4.78 is 70.8. The number of benzene rings is 2. The van der Waals surface area contributed by atoms with Gasteiger partial charge in [-0.15, -0.1) is 0 Å². The van der Waals surface area contributed by atoms with Gasteiger partial charge in [0.25, 0.3) is 0 Å². The predicted molar refractivity (Wildman–Crippen MR) is 120 cm³/mol. The van der Waals surface area contributed by atoms with Gasteiger partial charge in [-0.2, -0.15) is 17.5 Å². The van der Waals surface area contributed by atoms with E-state index in [1.807, 2.05) is 0 Å². The third-order valence-corrected chi connectivity index (χ3v) is 7.02. The summed E-state index contributed by atoms with van der Waals surface area (Å²) in [5, 5.41) is 0. The number of ether oxygens (including phenoxy) is 1. The molecule has 0 saturated carbocycles. The zero-order valence-electron chi connectivity index (χ0n) is 18.6. The Labute approximate surface area is 191 Å². The molecule has 3 rings (SSSR count). The highest BCUT2D eigenvalue weighted by atomic mass is 32.2. The normalized spacial score (nSPS) is 12.1. The quantitative estimate of drug-likeness (QED) is 0.477. The number of nitrogens with zero attached hydrogens (tertiary/aromatic N) is 3. The summed E-state index contributed by atoms with van der Waals surface area (Å²) in [7, 11) is 0.952. The molecule has 0 bridgehead atoms. The molecule has 0 aliphatic rings. The van der Waals surface area contributed by atoms with Gasteiger partial charge in [-0.1, -0.05) is 12.1 Å². The first-order valence-corrected chi connectivity index (χ1v) is 11.3. The second-order valence-electron chi connectivity index (χ2n) is 7.52. The SMILES string of the molecule is COc1ccc(CN(C)S(=O)(=O)c2ccc(N(C)c3ccc(C(F)(F)F)cn3)c(C)c2)cc1. The molecule has 0 aliphatic carbocycles. The number of alkyl halides is 3. The molecule has 1 aromatic heterocycles. The van der Waals surface area contributed by atoms with Crippen LogP contribution in [0.2, 0.25) is 0 Å². The number of methoxy groups -OCH3 is 1. The van der Waals surface area contributed by atoms with Gasteiger partial charge in [0.05, 0.1) is 17.6 Å². The van der Waals surface area contributed by atoms with Crippen LogP contribution in [0, 0.1) is 6.92 Å². The third-order valence-electron chi connectivity index (χ3n) is 5.22. The first kappa shape index (κ1) is 24.5. The lowest BCUT2D eigenvalue weighted by Crippen LogP contribution is -2.26. The summed E-state index contributed by atoms with van der Waals surface area (Å²) in [4.78, 5) is 5.61. The Bertz CT molecular complexity index is 1210. The van der Waals surface area contributed by atoms with Crippen molar-refractivity contribution in [2.75, 3.05) is 26.1 Å². The number of hydrogen-bond acceptors (Lipinski definition) is 5. The Balaban J connectivity index is 1.80. The Hall–Kier alpha value is -3.11. The van der Waals surface area contributed by atoms with Crippen molar-refractivity contribution in [3.05, 3.63) is 77.5 Å². The van der Waals surface area contributed by atoms with Crippen molar-refractivity contribution < 1.29 is 26.3 Å². The van der Waals surface area contributed by atoms with Crippen LogP contribution in [0.25, 0.3) is 0 Å². The maximum atomic E-state index is 13.1. The Morgan fingerprint density at radius 3 is 2.18 bits per heavy atom. The van der Waals surface area contributed by atoms with E-state index < -0.39 is 21.8 Å². The number of hydrogen-bond donors (Lipinski definition) is 0. The number of anilines is 2. The van der Waals surface area contributed by atoms with Crippen molar-refractivity contribution in [1.29, 1.82) is 0 Å². The van der Waals surface area contributed by atoms with Crippen LogP contribution < -0.4 is 9.64 Å². The molecule has 6 nitrogen and oxygen atoms in total. The lowest BCUT2D eigenvalue weighted by Gasteiger charge is -2.23. The average molecular weight is 480 g/mol. The van der Waals surface area contributed by atoms with Gasteiger partial charge in [0.15, 0.2) is 0 Å². The number of sulfonamides is 1. The minimum atomic E-state index is -4.46. The Morgan fingerprint density at radius 1 is 1.00 bits per heavy atom. The van der Waals surface area contributed by atoms with Crippen molar-refractivity contribution >= 4 is 21.5 Å². The number of aryl methyl sites for hydroxylation is 1. The average Bonchev–Trinajstić information content (AvgIpc) is 2.78. The maximum absolute atomic E-state index is 13.1. The number of pyridine rings is 1. The fourth-order valence-corrected chi connectivity index (χ4v) is 4.54. The minimum Gasteiger partial charge on any atom is -0.497 e. The summed E-state index contributed by atoms with van der Waals surface area (Å²) in [5.41, 5.74) is 1.23. The molecule has 0 atom stereocenters. The van der Waals surface area contributed by atoms with E-state index in [1.165, 1.54) is 29.6 Å². The van der Waals surface area contributed by atoms with Crippen LogP contribution in [-0.4, -0.2) is 38.9 Å². The van der Waals surface area contributed by atoms with Gasteiger partial charge in [-0.05, 0) is 60.5 Å². The molecular formula is C23H24F3N3O3S. The Morgan fingerprint density at radius 2 is 1.67 bits per heavy atom. The van der Waals surface area contributed by atoms with Crippen molar-refractivity contribution in [3.8, 4) is 5.75 Å². The molecular weight excluding hydrogens is 455 g/mol. The molecule has 0 aliphatic heterocycles. The van der Waals surface area contributed by atoms with E-state index in [9.17, 15) is 21.6 Å². The minimum absolute atomic E-state index is 0.119. The van der Waals surface area contributed by atoms with Crippen LogP contribution in [0.15, 0.2) is 65.7 Å². The summed E-state index contributed by atoms with van der Waals surface area (Å²) >= 11 is 0. The topological polar surface area (TPSA) is 62.7 Å². The highest BCUT2D eigenvalue weighted by molar-refractivity contribution is 7.89. The van der Waals surface area contributed by atoms with Crippen molar-refractivity contribution in [2.24, 2.45) is 0 Å². The van der Waals surface area contributed by atoms with Crippen LogP contribution in [-0.2, 0) is 22.7 Å². The number of aromatic nitrogens is 1. The monoisotopic (exact) mass is 479 g/mol. The molecule has 0 saturated heterocycles. The van der Waals surface area contributed by atoms with Gasteiger partial charge in [-0.3, -0.25) is 0 Å². The van der Waals surface area contributed by atoms with E-state index in [0.29, 0.717) is 22.8 Å². The van der Waals surface area contributed by atoms with Crippen molar-refractivity contribution in [1.82, 2.24) is 9.29 Å². The summed E-state index contributed by atoms with van der Waals surface area (Å²) in [6.45, 7) is 1.92. The van der Waals surface area contributed by atoms with Gasteiger partial charge in [-0.25, -0.2) is 13.4 Å². The fourth-order valence-electron chi connectivity index (χ4n) is 3.29. The second-order valence-corrected chi connectivity index (χ2v) is 9.56. The molecule has 0 amide bonds. The van der Waals surface area contributed by atoms with Crippen LogP contribution in [0.3, 0.4) is 0 Å². The molecule has 2 aromatic carbocycles. The smallest absolute Gasteiger partial charge is 0.417 e.